The Hall–Kier alpha value is -2.98. The zero-order valence-electron chi connectivity index (χ0n) is 17.2. The molecule has 29 heavy (non-hydrogen) atoms. The highest BCUT2D eigenvalue weighted by molar-refractivity contribution is 5.94. The average molecular weight is 397 g/mol. The van der Waals surface area contributed by atoms with Crippen molar-refractivity contribution in [3.05, 3.63) is 30.0 Å². The lowest BCUT2D eigenvalue weighted by Gasteiger charge is -2.32. The Kier molecular flexibility index (Phi) is 6.78. The lowest BCUT2D eigenvalue weighted by atomic mass is 9.98. The van der Waals surface area contributed by atoms with E-state index in [1.807, 2.05) is 23.1 Å². The number of nitrogens with zero attached hydrogens (tertiary/aromatic N) is 3. The highest BCUT2D eigenvalue weighted by Gasteiger charge is 2.27. The van der Waals surface area contributed by atoms with E-state index in [1.165, 1.54) is 0 Å². The molecule has 7 nitrogen and oxygen atoms in total. The second-order valence-electron chi connectivity index (χ2n) is 7.08. The third kappa shape index (κ3) is 4.72. The Balaban J connectivity index is 1.80. The first-order valence-corrected chi connectivity index (χ1v) is 9.64. The van der Waals surface area contributed by atoms with Gasteiger partial charge in [0.1, 0.15) is 23.8 Å². The van der Waals surface area contributed by atoms with Crippen LogP contribution in [0.15, 0.2) is 24.3 Å². The molecule has 0 N–H and O–H groups in total. The molecule has 1 aromatic carbocycles. The molecular formula is C22H27N3O4. The van der Waals surface area contributed by atoms with Crippen LogP contribution in [-0.2, 0) is 11.8 Å². The van der Waals surface area contributed by atoms with Crippen molar-refractivity contribution in [2.75, 3.05) is 40.5 Å². The maximum Gasteiger partial charge on any atom is 0.272 e. The van der Waals surface area contributed by atoms with Gasteiger partial charge in [0.15, 0.2) is 0 Å². The Morgan fingerprint density at radius 3 is 2.86 bits per heavy atom. The molecule has 154 valence electrons. The van der Waals surface area contributed by atoms with Crippen LogP contribution in [0.3, 0.4) is 0 Å². The molecule has 1 aliphatic heterocycles. The Morgan fingerprint density at radius 1 is 1.31 bits per heavy atom. The van der Waals surface area contributed by atoms with Crippen molar-refractivity contribution in [1.29, 1.82) is 0 Å². The third-order valence-electron chi connectivity index (χ3n) is 5.13. The van der Waals surface area contributed by atoms with Gasteiger partial charge < -0.3 is 19.1 Å². The average Bonchev–Trinajstić information content (AvgIpc) is 3.14. The zero-order valence-corrected chi connectivity index (χ0v) is 17.2. The predicted octanol–water partition coefficient (Wildman–Crippen LogP) is 2.61. The van der Waals surface area contributed by atoms with Crippen LogP contribution in [0, 0.1) is 18.3 Å². The Labute approximate surface area is 171 Å². The van der Waals surface area contributed by atoms with Gasteiger partial charge in [-0.1, -0.05) is 5.92 Å². The number of carbonyl (C=O) groups is 1. The largest absolute Gasteiger partial charge is 0.497 e. The van der Waals surface area contributed by atoms with Crippen molar-refractivity contribution in [3.63, 3.8) is 0 Å². The minimum atomic E-state index is -0.0326. The van der Waals surface area contributed by atoms with Crippen LogP contribution < -0.4 is 9.47 Å². The molecule has 0 saturated carbocycles. The maximum absolute atomic E-state index is 13.2. The quantitative estimate of drug-likeness (QED) is 0.531. The fourth-order valence-corrected chi connectivity index (χ4v) is 3.65. The highest BCUT2D eigenvalue weighted by Crippen LogP contribution is 2.33. The third-order valence-corrected chi connectivity index (χ3v) is 5.13. The minimum Gasteiger partial charge on any atom is -0.497 e. The molecule has 1 amide bonds. The van der Waals surface area contributed by atoms with Crippen LogP contribution in [-0.4, -0.2) is 61.1 Å². The number of aromatic nitrogens is 2. The van der Waals surface area contributed by atoms with Gasteiger partial charge in [0, 0.05) is 31.6 Å². The maximum atomic E-state index is 13.2. The first-order chi connectivity index (χ1) is 14.1. The SMILES string of the molecule is C#CCOCC1CCCN(C(=O)c2cc(-c3cc(OC)ccc3OC)nn2C)C1. The van der Waals surface area contributed by atoms with Gasteiger partial charge in [-0.3, -0.25) is 9.48 Å². The number of carbonyl (C=O) groups excluding carboxylic acids is 1. The molecule has 1 aliphatic rings. The molecule has 2 aromatic rings. The molecule has 1 unspecified atom stereocenters. The molecule has 0 bridgehead atoms. The second kappa shape index (κ2) is 9.48. The Bertz CT molecular complexity index is 900. The van der Waals surface area contributed by atoms with E-state index < -0.39 is 0 Å². The van der Waals surface area contributed by atoms with Gasteiger partial charge in [-0.15, -0.1) is 6.42 Å². The van der Waals surface area contributed by atoms with Gasteiger partial charge in [-0.05, 0) is 37.1 Å². The number of piperidine rings is 1. The van der Waals surface area contributed by atoms with Gasteiger partial charge in [0.25, 0.3) is 5.91 Å². The van der Waals surface area contributed by atoms with Crippen molar-refractivity contribution in [3.8, 4) is 35.1 Å². The normalized spacial score (nSPS) is 16.3. The monoisotopic (exact) mass is 397 g/mol. The topological polar surface area (TPSA) is 65.8 Å². The van der Waals surface area contributed by atoms with Crippen LogP contribution in [0.2, 0.25) is 0 Å². The molecule has 0 aliphatic carbocycles. The number of ether oxygens (including phenoxy) is 3. The summed E-state index contributed by atoms with van der Waals surface area (Å²) in [5, 5.41) is 4.55. The Morgan fingerprint density at radius 2 is 2.14 bits per heavy atom. The number of likely N-dealkylation sites (tertiary alicyclic amines) is 1. The number of hydrogen-bond acceptors (Lipinski definition) is 5. The molecule has 1 aromatic heterocycles. The summed E-state index contributed by atoms with van der Waals surface area (Å²) < 4.78 is 17.9. The van der Waals surface area contributed by atoms with E-state index in [4.69, 9.17) is 20.6 Å². The lowest BCUT2D eigenvalue weighted by molar-refractivity contribution is 0.0525. The van der Waals surface area contributed by atoms with E-state index in [2.05, 4.69) is 11.0 Å². The number of rotatable bonds is 7. The summed E-state index contributed by atoms with van der Waals surface area (Å²) in [4.78, 5) is 15.0. The van der Waals surface area contributed by atoms with Crippen LogP contribution in [0.4, 0.5) is 0 Å². The molecule has 1 saturated heterocycles. The van der Waals surface area contributed by atoms with E-state index in [0.717, 1.165) is 24.9 Å². The van der Waals surface area contributed by atoms with Gasteiger partial charge in [-0.2, -0.15) is 5.10 Å². The molecule has 1 fully saturated rings. The van der Waals surface area contributed by atoms with E-state index in [0.29, 0.717) is 48.6 Å². The fraction of sp³-hybridized carbons (Fsp3) is 0.455. The van der Waals surface area contributed by atoms with Gasteiger partial charge in [-0.25, -0.2) is 0 Å². The summed E-state index contributed by atoms with van der Waals surface area (Å²) in [6.45, 7) is 2.27. The molecule has 2 heterocycles. The van der Waals surface area contributed by atoms with E-state index >= 15 is 0 Å². The second-order valence-corrected chi connectivity index (χ2v) is 7.08. The summed E-state index contributed by atoms with van der Waals surface area (Å²) in [7, 11) is 5.00. The van der Waals surface area contributed by atoms with Crippen LogP contribution in [0.1, 0.15) is 23.3 Å². The van der Waals surface area contributed by atoms with Crippen molar-refractivity contribution < 1.29 is 19.0 Å². The van der Waals surface area contributed by atoms with E-state index in [1.54, 1.807) is 32.0 Å². The number of methoxy groups -OCH3 is 2. The number of aryl methyl sites for hydroxylation is 1. The number of hydrogen-bond donors (Lipinski definition) is 0. The first kappa shape index (κ1) is 20.7. The molecule has 0 spiro atoms. The summed E-state index contributed by atoms with van der Waals surface area (Å²) in [5.41, 5.74) is 1.98. The van der Waals surface area contributed by atoms with Crippen LogP contribution >= 0.6 is 0 Å². The number of benzene rings is 1. The highest BCUT2D eigenvalue weighted by atomic mass is 16.5. The fourth-order valence-electron chi connectivity index (χ4n) is 3.65. The summed E-state index contributed by atoms with van der Waals surface area (Å²) in [6, 6.07) is 7.32. The molecular weight excluding hydrogens is 370 g/mol. The molecule has 1 atom stereocenters. The number of amides is 1. The van der Waals surface area contributed by atoms with E-state index in [-0.39, 0.29) is 5.91 Å². The van der Waals surface area contributed by atoms with Gasteiger partial charge in [0.2, 0.25) is 0 Å². The predicted molar refractivity (Wildman–Crippen MR) is 110 cm³/mol. The summed E-state index contributed by atoms with van der Waals surface area (Å²) in [5.74, 6) is 4.11. The summed E-state index contributed by atoms with van der Waals surface area (Å²) in [6.07, 6.45) is 7.22. The number of terminal acetylenes is 1. The lowest BCUT2D eigenvalue weighted by Crippen LogP contribution is -2.41. The smallest absolute Gasteiger partial charge is 0.272 e. The minimum absolute atomic E-state index is 0.0326. The molecule has 7 heteroatoms. The van der Waals surface area contributed by atoms with Gasteiger partial charge >= 0.3 is 0 Å². The summed E-state index contributed by atoms with van der Waals surface area (Å²) >= 11 is 0. The van der Waals surface area contributed by atoms with Crippen molar-refractivity contribution in [2.45, 2.75) is 12.8 Å². The van der Waals surface area contributed by atoms with Crippen LogP contribution in [0.25, 0.3) is 11.3 Å². The first-order valence-electron chi connectivity index (χ1n) is 9.64. The van der Waals surface area contributed by atoms with Crippen molar-refractivity contribution in [2.24, 2.45) is 13.0 Å². The molecule has 0 radical (unpaired) electrons. The zero-order chi connectivity index (χ0) is 20.8. The standard InChI is InChI=1S/C22H27N3O4/c1-5-11-29-15-16-7-6-10-25(14-16)22(26)20-13-19(23-24(20)2)18-12-17(27-3)8-9-21(18)28-4/h1,8-9,12-13,16H,6-7,10-11,14-15H2,2-4H3. The van der Waals surface area contributed by atoms with Crippen molar-refractivity contribution >= 4 is 5.91 Å². The van der Waals surface area contributed by atoms with Crippen LogP contribution in [0.5, 0.6) is 11.5 Å². The van der Waals surface area contributed by atoms with Crippen molar-refractivity contribution in [1.82, 2.24) is 14.7 Å². The van der Waals surface area contributed by atoms with Gasteiger partial charge in [0.05, 0.1) is 26.5 Å². The molecule has 3 rings (SSSR count). The van der Waals surface area contributed by atoms with E-state index in [9.17, 15) is 4.79 Å².